The van der Waals surface area contributed by atoms with Gasteiger partial charge in [-0.05, 0) is 36.6 Å². The van der Waals surface area contributed by atoms with Crippen LogP contribution < -0.4 is 11.3 Å². The van der Waals surface area contributed by atoms with Gasteiger partial charge in [-0.15, -0.1) is 10.2 Å². The van der Waals surface area contributed by atoms with Gasteiger partial charge in [0.2, 0.25) is 0 Å². The number of nitrogens with one attached hydrogen (secondary N) is 1. The van der Waals surface area contributed by atoms with Gasteiger partial charge >= 0.3 is 0 Å². The standard InChI is InChI=1S/C13H20N6/c1-9-4-5-10(2)11(6-9)7-12(15-14)8-13-16-18-19(3)17-13/h4-6,12,15H,7-8,14H2,1-3H3. The first-order valence-electron chi connectivity index (χ1n) is 6.33. The van der Waals surface area contributed by atoms with Gasteiger partial charge in [-0.3, -0.25) is 11.3 Å². The monoisotopic (exact) mass is 260 g/mol. The van der Waals surface area contributed by atoms with Crippen LogP contribution in [0.4, 0.5) is 0 Å². The van der Waals surface area contributed by atoms with E-state index in [4.69, 9.17) is 5.84 Å². The fourth-order valence-corrected chi connectivity index (χ4v) is 2.10. The molecule has 0 bridgehead atoms. The molecule has 102 valence electrons. The summed E-state index contributed by atoms with van der Waals surface area (Å²) in [5.41, 5.74) is 6.67. The Bertz CT molecular complexity index is 548. The highest BCUT2D eigenvalue weighted by molar-refractivity contribution is 5.31. The van der Waals surface area contributed by atoms with Gasteiger partial charge in [0.15, 0.2) is 5.82 Å². The summed E-state index contributed by atoms with van der Waals surface area (Å²) in [5, 5.41) is 12.0. The van der Waals surface area contributed by atoms with Gasteiger partial charge in [-0.2, -0.15) is 4.80 Å². The van der Waals surface area contributed by atoms with Crippen molar-refractivity contribution >= 4 is 0 Å². The van der Waals surface area contributed by atoms with Crippen molar-refractivity contribution in [2.75, 3.05) is 0 Å². The van der Waals surface area contributed by atoms with Crippen molar-refractivity contribution in [1.29, 1.82) is 0 Å². The average molecular weight is 260 g/mol. The van der Waals surface area contributed by atoms with Gasteiger partial charge in [0.25, 0.3) is 0 Å². The predicted octanol–water partition coefficient (Wildman–Crippen LogP) is 0.444. The number of tetrazole rings is 1. The van der Waals surface area contributed by atoms with E-state index in [1.807, 2.05) is 0 Å². The molecule has 2 rings (SSSR count). The number of aryl methyl sites for hydroxylation is 3. The summed E-state index contributed by atoms with van der Waals surface area (Å²) in [6, 6.07) is 6.56. The molecule has 1 atom stereocenters. The lowest BCUT2D eigenvalue weighted by molar-refractivity contribution is 0.509. The summed E-state index contributed by atoms with van der Waals surface area (Å²) in [5.74, 6) is 6.34. The van der Waals surface area contributed by atoms with E-state index in [0.29, 0.717) is 12.2 Å². The van der Waals surface area contributed by atoms with Crippen molar-refractivity contribution < 1.29 is 0 Å². The van der Waals surface area contributed by atoms with E-state index in [1.165, 1.54) is 21.5 Å². The summed E-state index contributed by atoms with van der Waals surface area (Å²) >= 11 is 0. The van der Waals surface area contributed by atoms with Crippen molar-refractivity contribution in [2.24, 2.45) is 12.9 Å². The van der Waals surface area contributed by atoms with Crippen molar-refractivity contribution in [2.45, 2.75) is 32.7 Å². The van der Waals surface area contributed by atoms with Crippen LogP contribution in [-0.2, 0) is 19.9 Å². The maximum Gasteiger partial charge on any atom is 0.176 e. The fraction of sp³-hybridized carbons (Fsp3) is 0.462. The van der Waals surface area contributed by atoms with E-state index in [0.717, 1.165) is 6.42 Å². The summed E-state index contributed by atoms with van der Waals surface area (Å²) in [4.78, 5) is 1.46. The highest BCUT2D eigenvalue weighted by atomic mass is 15.6. The Kier molecular flexibility index (Phi) is 4.24. The van der Waals surface area contributed by atoms with E-state index < -0.39 is 0 Å². The first-order valence-corrected chi connectivity index (χ1v) is 6.33. The molecule has 6 nitrogen and oxygen atoms in total. The molecule has 1 aromatic carbocycles. The van der Waals surface area contributed by atoms with Crippen LogP contribution in [0, 0.1) is 13.8 Å². The fourth-order valence-electron chi connectivity index (χ4n) is 2.10. The number of rotatable bonds is 5. The summed E-state index contributed by atoms with van der Waals surface area (Å²) < 4.78 is 0. The van der Waals surface area contributed by atoms with Crippen LogP contribution in [0.25, 0.3) is 0 Å². The van der Waals surface area contributed by atoms with E-state index in [1.54, 1.807) is 7.05 Å². The number of nitrogens with zero attached hydrogens (tertiary/aromatic N) is 4. The normalized spacial score (nSPS) is 12.6. The van der Waals surface area contributed by atoms with Crippen LogP contribution in [0.1, 0.15) is 22.5 Å². The number of hydrazine groups is 1. The molecule has 19 heavy (non-hydrogen) atoms. The van der Waals surface area contributed by atoms with Gasteiger partial charge in [-0.1, -0.05) is 23.8 Å². The Morgan fingerprint density at radius 2 is 2.11 bits per heavy atom. The zero-order valence-corrected chi connectivity index (χ0v) is 11.6. The molecule has 0 radical (unpaired) electrons. The highest BCUT2D eigenvalue weighted by Crippen LogP contribution is 2.13. The van der Waals surface area contributed by atoms with Crippen LogP contribution in [0.15, 0.2) is 18.2 Å². The molecule has 0 aliphatic heterocycles. The molecule has 1 unspecified atom stereocenters. The SMILES string of the molecule is Cc1ccc(C)c(CC(Cc2nnn(C)n2)NN)c1. The Morgan fingerprint density at radius 1 is 1.32 bits per heavy atom. The van der Waals surface area contributed by atoms with E-state index in [9.17, 15) is 0 Å². The van der Waals surface area contributed by atoms with E-state index in [-0.39, 0.29) is 6.04 Å². The maximum atomic E-state index is 5.63. The van der Waals surface area contributed by atoms with Gasteiger partial charge in [0, 0.05) is 12.5 Å². The first kappa shape index (κ1) is 13.6. The Morgan fingerprint density at radius 3 is 2.74 bits per heavy atom. The highest BCUT2D eigenvalue weighted by Gasteiger charge is 2.13. The summed E-state index contributed by atoms with van der Waals surface area (Å²) in [6.07, 6.45) is 1.51. The second-order valence-corrected chi connectivity index (χ2v) is 4.90. The van der Waals surface area contributed by atoms with Crippen molar-refractivity contribution in [3.8, 4) is 0 Å². The third kappa shape index (κ3) is 3.59. The van der Waals surface area contributed by atoms with Gasteiger partial charge < -0.3 is 0 Å². The molecule has 0 saturated heterocycles. The lowest BCUT2D eigenvalue weighted by Gasteiger charge is -2.16. The minimum Gasteiger partial charge on any atom is -0.271 e. The van der Waals surface area contributed by atoms with Crippen molar-refractivity contribution in [3.63, 3.8) is 0 Å². The smallest absolute Gasteiger partial charge is 0.176 e. The molecule has 0 saturated carbocycles. The van der Waals surface area contributed by atoms with Crippen molar-refractivity contribution in [1.82, 2.24) is 25.6 Å². The number of hydrogen-bond donors (Lipinski definition) is 2. The molecular weight excluding hydrogens is 240 g/mol. The minimum atomic E-state index is 0.102. The predicted molar refractivity (Wildman–Crippen MR) is 73.2 cm³/mol. The van der Waals surface area contributed by atoms with Crippen LogP contribution >= 0.6 is 0 Å². The topological polar surface area (TPSA) is 81.7 Å². The number of aromatic nitrogens is 4. The molecule has 0 aliphatic rings. The largest absolute Gasteiger partial charge is 0.271 e. The lowest BCUT2D eigenvalue weighted by atomic mass is 9.97. The maximum absolute atomic E-state index is 5.63. The van der Waals surface area contributed by atoms with Crippen molar-refractivity contribution in [3.05, 3.63) is 40.7 Å². The zero-order chi connectivity index (χ0) is 13.8. The zero-order valence-electron chi connectivity index (χ0n) is 11.6. The third-order valence-electron chi connectivity index (χ3n) is 3.19. The molecule has 6 heteroatoms. The molecule has 1 heterocycles. The third-order valence-corrected chi connectivity index (χ3v) is 3.19. The lowest BCUT2D eigenvalue weighted by Crippen LogP contribution is -2.39. The Balaban J connectivity index is 2.08. The van der Waals surface area contributed by atoms with Crippen LogP contribution in [0.5, 0.6) is 0 Å². The van der Waals surface area contributed by atoms with Crippen LogP contribution in [-0.4, -0.2) is 26.2 Å². The van der Waals surface area contributed by atoms with Gasteiger partial charge in [-0.25, -0.2) is 0 Å². The van der Waals surface area contributed by atoms with Gasteiger partial charge in [0.1, 0.15) is 0 Å². The van der Waals surface area contributed by atoms with Gasteiger partial charge in [0.05, 0.1) is 7.05 Å². The molecular formula is C13H20N6. The molecule has 0 aliphatic carbocycles. The number of hydrogen-bond acceptors (Lipinski definition) is 5. The summed E-state index contributed by atoms with van der Waals surface area (Å²) in [6.45, 7) is 4.21. The van der Waals surface area contributed by atoms with Crippen LogP contribution in [0.2, 0.25) is 0 Å². The number of benzene rings is 1. The molecule has 3 N–H and O–H groups in total. The molecule has 1 aromatic heterocycles. The average Bonchev–Trinajstić information content (AvgIpc) is 2.78. The Labute approximate surface area is 113 Å². The first-order chi connectivity index (χ1) is 9.08. The molecule has 0 amide bonds. The number of nitrogens with two attached hydrogens (primary N) is 1. The minimum absolute atomic E-state index is 0.102. The Hall–Kier alpha value is -1.79. The molecule has 0 fully saturated rings. The van der Waals surface area contributed by atoms with Crippen LogP contribution in [0.3, 0.4) is 0 Å². The van der Waals surface area contributed by atoms with E-state index in [2.05, 4.69) is 52.9 Å². The summed E-state index contributed by atoms with van der Waals surface area (Å²) in [7, 11) is 1.76. The quantitative estimate of drug-likeness (QED) is 0.602. The second-order valence-electron chi connectivity index (χ2n) is 4.90. The second kappa shape index (κ2) is 5.90. The van der Waals surface area contributed by atoms with E-state index >= 15 is 0 Å². The molecule has 2 aromatic rings. The molecule has 0 spiro atoms.